The normalized spacial score (nSPS) is 14.8. The largest absolute Gasteiger partial charge is 0.463 e. The molecule has 1 fully saturated rings. The highest BCUT2D eigenvalue weighted by atomic mass is 16.5. The Morgan fingerprint density at radius 3 is 2.45 bits per heavy atom. The number of imide groups is 1. The van der Waals surface area contributed by atoms with Crippen LogP contribution in [0.4, 0.5) is 4.79 Å². The van der Waals surface area contributed by atoms with Crippen molar-refractivity contribution in [2.75, 3.05) is 7.11 Å². The van der Waals surface area contributed by atoms with Crippen molar-refractivity contribution in [3.63, 3.8) is 0 Å². The summed E-state index contributed by atoms with van der Waals surface area (Å²) >= 11 is 0. The van der Waals surface area contributed by atoms with Gasteiger partial charge in [-0.2, -0.15) is 0 Å². The Bertz CT molecular complexity index is 1290. The maximum atomic E-state index is 12.9. The third-order valence-electron chi connectivity index (χ3n) is 5.76. The Morgan fingerprint density at radius 2 is 1.79 bits per heavy atom. The summed E-state index contributed by atoms with van der Waals surface area (Å²) in [5.74, 6) is -0.784. The summed E-state index contributed by atoms with van der Waals surface area (Å²) in [4.78, 5) is 38.0. The number of amides is 3. The fourth-order valence-corrected chi connectivity index (χ4v) is 4.14. The van der Waals surface area contributed by atoms with Crippen LogP contribution < -0.4 is 5.32 Å². The van der Waals surface area contributed by atoms with Gasteiger partial charge in [0.05, 0.1) is 19.3 Å². The maximum Gasteiger partial charge on any atom is 0.373 e. The Balaban J connectivity index is 1.62. The van der Waals surface area contributed by atoms with Gasteiger partial charge in [0.1, 0.15) is 11.5 Å². The molecule has 1 aliphatic heterocycles. The average molecular weight is 447 g/mol. The molecular weight excluding hydrogens is 422 g/mol. The molecular formula is C25H25N3O5. The van der Waals surface area contributed by atoms with E-state index in [2.05, 4.69) is 40.6 Å². The molecule has 170 valence electrons. The van der Waals surface area contributed by atoms with Crippen LogP contribution >= 0.6 is 0 Å². The first-order valence-corrected chi connectivity index (χ1v) is 10.5. The van der Waals surface area contributed by atoms with Crippen molar-refractivity contribution in [2.24, 2.45) is 0 Å². The third-order valence-corrected chi connectivity index (χ3v) is 5.76. The highest BCUT2D eigenvalue weighted by molar-refractivity contribution is 6.13. The van der Waals surface area contributed by atoms with Crippen LogP contribution in [0, 0.1) is 27.7 Å². The zero-order valence-electron chi connectivity index (χ0n) is 19.2. The highest BCUT2D eigenvalue weighted by Crippen LogP contribution is 2.28. The number of rotatable bonds is 5. The molecule has 3 aromatic rings. The number of benzene rings is 1. The zero-order valence-corrected chi connectivity index (χ0v) is 19.2. The molecule has 2 aromatic heterocycles. The lowest BCUT2D eigenvalue weighted by Gasteiger charge is -2.15. The van der Waals surface area contributed by atoms with Crippen LogP contribution in [0.25, 0.3) is 11.8 Å². The van der Waals surface area contributed by atoms with Crippen molar-refractivity contribution < 1.29 is 23.5 Å². The molecule has 1 aliphatic rings. The fourth-order valence-electron chi connectivity index (χ4n) is 4.14. The molecule has 3 amide bonds. The van der Waals surface area contributed by atoms with E-state index in [4.69, 9.17) is 4.42 Å². The summed E-state index contributed by atoms with van der Waals surface area (Å²) in [5.41, 5.74) is 6.42. The Kier molecular flexibility index (Phi) is 5.68. The van der Waals surface area contributed by atoms with Gasteiger partial charge in [0, 0.05) is 11.4 Å². The number of nitrogens with zero attached hydrogens (tertiary/aromatic N) is 2. The van der Waals surface area contributed by atoms with Crippen LogP contribution in [0.3, 0.4) is 0 Å². The second kappa shape index (κ2) is 8.46. The molecule has 0 spiro atoms. The van der Waals surface area contributed by atoms with Gasteiger partial charge in [0.25, 0.3) is 5.91 Å². The van der Waals surface area contributed by atoms with Crippen LogP contribution in [0.5, 0.6) is 0 Å². The van der Waals surface area contributed by atoms with Gasteiger partial charge < -0.3 is 19.0 Å². The lowest BCUT2D eigenvalue weighted by Crippen LogP contribution is -2.30. The molecule has 1 aromatic carbocycles. The number of esters is 1. The van der Waals surface area contributed by atoms with Gasteiger partial charge in [-0.3, -0.25) is 9.69 Å². The van der Waals surface area contributed by atoms with Crippen molar-refractivity contribution in [1.82, 2.24) is 14.8 Å². The minimum Gasteiger partial charge on any atom is -0.463 e. The molecule has 33 heavy (non-hydrogen) atoms. The Hall–Kier alpha value is -4.07. The molecule has 0 bridgehead atoms. The van der Waals surface area contributed by atoms with Gasteiger partial charge >= 0.3 is 12.0 Å². The Morgan fingerprint density at radius 1 is 1.09 bits per heavy atom. The van der Waals surface area contributed by atoms with E-state index in [9.17, 15) is 14.4 Å². The first-order valence-electron chi connectivity index (χ1n) is 10.5. The molecule has 8 heteroatoms. The summed E-state index contributed by atoms with van der Waals surface area (Å²) in [5, 5.41) is 2.64. The predicted octanol–water partition coefficient (Wildman–Crippen LogP) is 4.18. The van der Waals surface area contributed by atoms with Crippen molar-refractivity contribution in [3.8, 4) is 5.69 Å². The smallest absolute Gasteiger partial charge is 0.373 e. The average Bonchev–Trinajstić information content (AvgIpc) is 3.42. The molecule has 0 atom stereocenters. The number of methoxy groups -OCH3 is 1. The number of ether oxygens (including phenoxy) is 1. The molecule has 1 saturated heterocycles. The molecule has 4 rings (SSSR count). The quantitative estimate of drug-likeness (QED) is 0.360. The van der Waals surface area contributed by atoms with Gasteiger partial charge in [-0.05, 0) is 68.7 Å². The zero-order chi connectivity index (χ0) is 23.9. The molecule has 8 nitrogen and oxygen atoms in total. The van der Waals surface area contributed by atoms with Crippen molar-refractivity contribution >= 4 is 24.0 Å². The second-order valence-corrected chi connectivity index (χ2v) is 8.04. The van der Waals surface area contributed by atoms with E-state index in [-0.39, 0.29) is 18.0 Å². The predicted molar refractivity (Wildman–Crippen MR) is 122 cm³/mol. The highest BCUT2D eigenvalue weighted by Gasteiger charge is 2.34. The van der Waals surface area contributed by atoms with E-state index >= 15 is 0 Å². The summed E-state index contributed by atoms with van der Waals surface area (Å²) in [6, 6.07) is 10.6. The summed E-state index contributed by atoms with van der Waals surface area (Å²) in [6.07, 6.45) is 1.69. The molecule has 0 aliphatic carbocycles. The number of furan rings is 1. The minimum absolute atomic E-state index is 0.00857. The van der Waals surface area contributed by atoms with E-state index in [1.165, 1.54) is 19.2 Å². The minimum atomic E-state index is -0.627. The number of nitrogens with one attached hydrogen (secondary N) is 1. The number of hydrogen-bond acceptors (Lipinski definition) is 5. The lowest BCUT2D eigenvalue weighted by molar-refractivity contribution is -0.123. The van der Waals surface area contributed by atoms with Crippen LogP contribution in [-0.4, -0.2) is 34.5 Å². The first kappa shape index (κ1) is 22.1. The van der Waals surface area contributed by atoms with E-state index in [1.807, 2.05) is 26.0 Å². The number of aryl methyl sites for hydroxylation is 3. The van der Waals surface area contributed by atoms with Crippen LogP contribution in [0.1, 0.15) is 44.4 Å². The van der Waals surface area contributed by atoms with Gasteiger partial charge in [-0.1, -0.05) is 18.2 Å². The lowest BCUT2D eigenvalue weighted by atomic mass is 10.1. The van der Waals surface area contributed by atoms with E-state index in [0.717, 1.165) is 38.7 Å². The van der Waals surface area contributed by atoms with Gasteiger partial charge in [0.2, 0.25) is 5.76 Å². The van der Waals surface area contributed by atoms with Gasteiger partial charge in [0.15, 0.2) is 0 Å². The van der Waals surface area contributed by atoms with Crippen LogP contribution in [-0.2, 0) is 16.1 Å². The van der Waals surface area contributed by atoms with Gasteiger partial charge in [-0.25, -0.2) is 9.59 Å². The Labute approximate surface area is 191 Å². The number of carbonyl (C=O) groups is 3. The molecule has 0 unspecified atom stereocenters. The number of aromatic nitrogens is 1. The summed E-state index contributed by atoms with van der Waals surface area (Å²) in [6.45, 7) is 8.04. The van der Waals surface area contributed by atoms with Crippen molar-refractivity contribution in [3.05, 3.63) is 81.7 Å². The second-order valence-electron chi connectivity index (χ2n) is 8.04. The summed E-state index contributed by atoms with van der Waals surface area (Å²) in [7, 11) is 1.25. The van der Waals surface area contributed by atoms with Crippen molar-refractivity contribution in [1.29, 1.82) is 0 Å². The molecule has 3 heterocycles. The van der Waals surface area contributed by atoms with Crippen molar-refractivity contribution in [2.45, 2.75) is 34.2 Å². The third kappa shape index (κ3) is 3.95. The fraction of sp³-hybridized carbons (Fsp3) is 0.240. The number of carbonyl (C=O) groups excluding carboxylic acids is 3. The van der Waals surface area contributed by atoms with E-state index < -0.39 is 17.9 Å². The number of hydrogen-bond donors (Lipinski definition) is 1. The molecule has 0 saturated carbocycles. The van der Waals surface area contributed by atoms with Gasteiger partial charge in [-0.15, -0.1) is 0 Å². The maximum absolute atomic E-state index is 12.9. The SMILES string of the molecule is COC(=O)c1ccc(CN2C(=O)NC(=Cc3cc(C)n(-c4c(C)cccc4C)c3C)C2=O)o1. The van der Waals surface area contributed by atoms with Crippen LogP contribution in [0.15, 0.2) is 46.5 Å². The topological polar surface area (TPSA) is 93.8 Å². The number of para-hydroxylation sites is 1. The number of urea groups is 1. The molecule has 1 N–H and O–H groups in total. The van der Waals surface area contributed by atoms with E-state index in [0.29, 0.717) is 5.76 Å². The van der Waals surface area contributed by atoms with E-state index in [1.54, 1.807) is 6.08 Å². The monoisotopic (exact) mass is 447 g/mol. The summed E-state index contributed by atoms with van der Waals surface area (Å²) < 4.78 is 12.2. The first-order chi connectivity index (χ1) is 15.7. The standard InChI is InChI=1S/C25H25N3O5/c1-14-7-6-8-15(2)22(14)28-16(3)11-18(17(28)4)12-20-23(29)27(25(31)26-20)13-19-9-10-21(33-19)24(30)32-5/h6-12H,13H2,1-5H3,(H,26,31). The molecule has 0 radical (unpaired) electrons. The van der Waals surface area contributed by atoms with Crippen LogP contribution in [0.2, 0.25) is 0 Å².